The molecule has 1 aromatic carbocycles. The van der Waals surface area contributed by atoms with E-state index in [-0.39, 0.29) is 11.4 Å². The summed E-state index contributed by atoms with van der Waals surface area (Å²) in [6.07, 6.45) is 0. The van der Waals surface area contributed by atoms with Gasteiger partial charge in [-0.05, 0) is 17.7 Å². The van der Waals surface area contributed by atoms with E-state index in [4.69, 9.17) is 10.3 Å². The highest BCUT2D eigenvalue weighted by molar-refractivity contribution is 7.89. The van der Waals surface area contributed by atoms with Crippen molar-refractivity contribution < 1.29 is 16.8 Å². The molecule has 9 heteroatoms. The molecule has 0 aliphatic heterocycles. The van der Waals surface area contributed by atoms with Crippen LogP contribution in [0.25, 0.3) is 0 Å². The molecule has 1 aromatic rings. The third kappa shape index (κ3) is 4.24. The summed E-state index contributed by atoms with van der Waals surface area (Å²) in [7, 11) is -7.48. The lowest BCUT2D eigenvalue weighted by molar-refractivity contribution is 0.582. The van der Waals surface area contributed by atoms with Crippen molar-refractivity contribution in [2.24, 2.45) is 10.3 Å². The van der Waals surface area contributed by atoms with Crippen molar-refractivity contribution in [3.8, 4) is 0 Å². The highest BCUT2D eigenvalue weighted by Crippen LogP contribution is 2.08. The van der Waals surface area contributed by atoms with Gasteiger partial charge in [-0.1, -0.05) is 12.1 Å². The van der Waals surface area contributed by atoms with Crippen molar-refractivity contribution in [3.05, 3.63) is 29.8 Å². The Hall–Kier alpha value is -1.00. The molecule has 0 bridgehead atoms. The Balaban J connectivity index is 2.81. The molecule has 0 aliphatic rings. The van der Waals surface area contributed by atoms with Gasteiger partial charge in [0.25, 0.3) is 10.2 Å². The fraction of sp³-hybridized carbons (Fsp3) is 0.143. The molecule has 0 spiro atoms. The molecule has 0 saturated heterocycles. The second-order valence-corrected chi connectivity index (χ2v) is 6.00. The lowest BCUT2D eigenvalue weighted by Crippen LogP contribution is -2.30. The van der Waals surface area contributed by atoms with Gasteiger partial charge >= 0.3 is 0 Å². The van der Waals surface area contributed by atoms with Gasteiger partial charge in [-0.25, -0.2) is 18.7 Å². The summed E-state index contributed by atoms with van der Waals surface area (Å²) in [6.45, 7) is -0.0102. The maximum atomic E-state index is 10.9. The number of sulfonamides is 1. The van der Waals surface area contributed by atoms with Crippen molar-refractivity contribution in [2.75, 3.05) is 0 Å². The maximum Gasteiger partial charge on any atom is 0.274 e. The number of primary sulfonamides is 1. The number of hydrogen-bond donors (Lipinski definition) is 3. The summed E-state index contributed by atoms with van der Waals surface area (Å²) in [5.74, 6) is 0. The van der Waals surface area contributed by atoms with E-state index in [1.165, 1.54) is 24.3 Å². The molecule has 5 N–H and O–H groups in total. The number of nitrogens with one attached hydrogen (secondary N) is 1. The molecular weight excluding hydrogens is 254 g/mol. The van der Waals surface area contributed by atoms with Gasteiger partial charge < -0.3 is 0 Å². The van der Waals surface area contributed by atoms with E-state index in [9.17, 15) is 16.8 Å². The molecule has 1 rings (SSSR count). The monoisotopic (exact) mass is 265 g/mol. The molecule has 0 heterocycles. The second kappa shape index (κ2) is 4.47. The van der Waals surface area contributed by atoms with Gasteiger partial charge in [-0.15, -0.1) is 0 Å². The number of nitrogens with two attached hydrogens (primary N) is 2. The van der Waals surface area contributed by atoms with E-state index in [1.807, 2.05) is 0 Å². The zero-order chi connectivity index (χ0) is 12.4. The van der Waals surface area contributed by atoms with Crippen LogP contribution in [0.1, 0.15) is 5.56 Å². The van der Waals surface area contributed by atoms with E-state index >= 15 is 0 Å². The first-order valence-corrected chi connectivity index (χ1v) is 7.17. The van der Waals surface area contributed by atoms with Gasteiger partial charge in [0.2, 0.25) is 10.0 Å². The topological polar surface area (TPSA) is 132 Å². The van der Waals surface area contributed by atoms with Gasteiger partial charge in [0.1, 0.15) is 0 Å². The predicted molar refractivity (Wildman–Crippen MR) is 57.8 cm³/mol. The Kier molecular flexibility index (Phi) is 3.65. The van der Waals surface area contributed by atoms with Crippen molar-refractivity contribution >= 4 is 20.2 Å². The van der Waals surface area contributed by atoms with Crippen LogP contribution in [0.15, 0.2) is 29.2 Å². The van der Waals surface area contributed by atoms with Crippen LogP contribution >= 0.6 is 0 Å². The Morgan fingerprint density at radius 1 is 1.00 bits per heavy atom. The minimum atomic E-state index is -3.75. The lowest BCUT2D eigenvalue weighted by Gasteiger charge is -2.03. The Labute approximate surface area is 93.7 Å². The molecular formula is C7H11N3O4S2. The molecule has 0 atom stereocenters. The van der Waals surface area contributed by atoms with Gasteiger partial charge in [0, 0.05) is 6.54 Å². The van der Waals surface area contributed by atoms with Crippen LogP contribution in [0.4, 0.5) is 0 Å². The van der Waals surface area contributed by atoms with Gasteiger partial charge in [-0.3, -0.25) is 0 Å². The maximum absolute atomic E-state index is 10.9. The van der Waals surface area contributed by atoms with Crippen LogP contribution in [-0.2, 0) is 26.8 Å². The van der Waals surface area contributed by atoms with Gasteiger partial charge in [0.05, 0.1) is 4.90 Å². The van der Waals surface area contributed by atoms with Gasteiger partial charge in [0.15, 0.2) is 0 Å². The first kappa shape index (κ1) is 13.1. The molecule has 0 saturated carbocycles. The fourth-order valence-corrected chi connectivity index (χ4v) is 1.86. The number of hydrogen-bond acceptors (Lipinski definition) is 4. The van der Waals surface area contributed by atoms with Crippen molar-refractivity contribution in [2.45, 2.75) is 11.4 Å². The minimum Gasteiger partial charge on any atom is -0.225 e. The van der Waals surface area contributed by atoms with Gasteiger partial charge in [-0.2, -0.15) is 13.1 Å². The highest BCUT2D eigenvalue weighted by atomic mass is 32.2. The summed E-state index contributed by atoms with van der Waals surface area (Å²) >= 11 is 0. The van der Waals surface area contributed by atoms with Crippen molar-refractivity contribution in [3.63, 3.8) is 0 Å². The average molecular weight is 265 g/mol. The molecule has 0 unspecified atom stereocenters. The van der Waals surface area contributed by atoms with E-state index in [1.54, 1.807) is 0 Å². The molecule has 0 amide bonds. The van der Waals surface area contributed by atoms with E-state index in [0.717, 1.165) is 0 Å². The quantitative estimate of drug-likeness (QED) is 0.619. The van der Waals surface area contributed by atoms with Crippen LogP contribution in [0.2, 0.25) is 0 Å². The summed E-state index contributed by atoms with van der Waals surface area (Å²) in [5, 5.41) is 9.62. The van der Waals surface area contributed by atoms with E-state index in [0.29, 0.717) is 5.56 Å². The van der Waals surface area contributed by atoms with Crippen LogP contribution in [-0.4, -0.2) is 16.8 Å². The molecule has 90 valence electrons. The summed E-state index contributed by atoms with van der Waals surface area (Å²) in [5.41, 5.74) is 0.571. The lowest BCUT2D eigenvalue weighted by atomic mass is 10.2. The van der Waals surface area contributed by atoms with Crippen LogP contribution in [0.3, 0.4) is 0 Å². The summed E-state index contributed by atoms with van der Waals surface area (Å²) in [4.78, 5) is -0.0353. The zero-order valence-corrected chi connectivity index (χ0v) is 9.75. The summed E-state index contributed by atoms with van der Waals surface area (Å²) in [6, 6.07) is 5.46. The zero-order valence-electron chi connectivity index (χ0n) is 8.12. The van der Waals surface area contributed by atoms with Crippen molar-refractivity contribution in [1.82, 2.24) is 4.72 Å². The Bertz CT molecular complexity index is 562. The standard InChI is InChI=1S/C7H11N3O4S2/c8-15(11,12)7-3-1-6(2-4-7)5-10-16(9,13)14/h1-4,10H,5H2,(H2,8,11,12)(H2,9,13,14). The molecule has 0 radical (unpaired) electrons. The Morgan fingerprint density at radius 3 is 1.88 bits per heavy atom. The van der Waals surface area contributed by atoms with Crippen molar-refractivity contribution in [1.29, 1.82) is 0 Å². The first-order valence-electron chi connectivity index (χ1n) is 4.07. The van der Waals surface area contributed by atoms with Crippen LogP contribution in [0, 0.1) is 0 Å². The molecule has 7 nitrogen and oxygen atoms in total. The predicted octanol–water partition coefficient (Wildman–Crippen LogP) is -1.37. The minimum absolute atomic E-state index is 0.0102. The molecule has 0 aromatic heterocycles. The van der Waals surface area contributed by atoms with E-state index in [2.05, 4.69) is 4.72 Å². The summed E-state index contributed by atoms with van der Waals surface area (Å²) < 4.78 is 45.0. The molecule has 0 fully saturated rings. The molecule has 0 aliphatic carbocycles. The Morgan fingerprint density at radius 2 is 1.50 bits per heavy atom. The van der Waals surface area contributed by atoms with E-state index < -0.39 is 20.2 Å². The number of benzene rings is 1. The number of rotatable bonds is 4. The van der Waals surface area contributed by atoms with Crippen LogP contribution < -0.4 is 15.0 Å². The van der Waals surface area contributed by atoms with Crippen LogP contribution in [0.5, 0.6) is 0 Å². The highest BCUT2D eigenvalue weighted by Gasteiger charge is 2.07. The normalized spacial score (nSPS) is 12.6. The third-order valence-corrected chi connectivity index (χ3v) is 3.21. The SMILES string of the molecule is NS(=O)(=O)NCc1ccc(S(N)(=O)=O)cc1. The average Bonchev–Trinajstić information content (AvgIpc) is 2.13. The largest absolute Gasteiger partial charge is 0.274 e. The molecule has 16 heavy (non-hydrogen) atoms. The smallest absolute Gasteiger partial charge is 0.225 e. The fourth-order valence-electron chi connectivity index (χ4n) is 0.981. The first-order chi connectivity index (χ1) is 7.18. The third-order valence-electron chi connectivity index (χ3n) is 1.73. The second-order valence-electron chi connectivity index (χ2n) is 3.06.